The molecule has 0 amide bonds. The Morgan fingerprint density at radius 3 is 2.50 bits per heavy atom. The maximum atomic E-state index is 13.6. The zero-order valence-corrected chi connectivity index (χ0v) is 21.6. The number of ketones is 1. The van der Waals surface area contributed by atoms with Gasteiger partial charge in [0.1, 0.15) is 5.75 Å². The van der Waals surface area contributed by atoms with Gasteiger partial charge in [0.05, 0.1) is 36.5 Å². The molecule has 1 fully saturated rings. The summed E-state index contributed by atoms with van der Waals surface area (Å²) < 4.78 is 12.5. The number of methoxy groups -OCH3 is 1. The second kappa shape index (κ2) is 12.1. The quantitative estimate of drug-likeness (QED) is 0.414. The molecule has 2 aromatic carbocycles. The first-order valence-electron chi connectivity index (χ1n) is 12.2. The standard InChI is InChI=1S/C29H27ClN2O6/c1-37-27-17-32(28(34)15-24(27)23-14-22(30)7-6-21(23)16-31)25(12-19-8-10-38-11-9-19)26(33)13-18-2-4-20(5-3-18)29(35)36/h2-7,14-15,17,19,25H,8-13H2,1H3,(H,35,36). The molecule has 0 bridgehead atoms. The molecule has 0 saturated carbocycles. The molecular weight excluding hydrogens is 508 g/mol. The van der Waals surface area contributed by atoms with Gasteiger partial charge in [-0.3, -0.25) is 9.59 Å². The van der Waals surface area contributed by atoms with Crippen LogP contribution < -0.4 is 10.3 Å². The van der Waals surface area contributed by atoms with Gasteiger partial charge in [-0.15, -0.1) is 0 Å². The summed E-state index contributed by atoms with van der Waals surface area (Å²) in [5.74, 6) is -0.683. The average molecular weight is 535 g/mol. The molecule has 3 aromatic rings. The van der Waals surface area contributed by atoms with Gasteiger partial charge in [-0.2, -0.15) is 5.26 Å². The fourth-order valence-electron chi connectivity index (χ4n) is 4.76. The van der Waals surface area contributed by atoms with Crippen LogP contribution in [-0.2, 0) is 16.0 Å². The number of carboxylic acids is 1. The molecule has 4 rings (SSSR count). The van der Waals surface area contributed by atoms with Gasteiger partial charge >= 0.3 is 5.97 Å². The summed E-state index contributed by atoms with van der Waals surface area (Å²) in [4.78, 5) is 38.3. The Hall–Kier alpha value is -3.93. The fourth-order valence-corrected chi connectivity index (χ4v) is 4.94. The second-order valence-electron chi connectivity index (χ2n) is 9.26. The van der Waals surface area contributed by atoms with Gasteiger partial charge in [-0.25, -0.2) is 4.79 Å². The molecule has 0 spiro atoms. The number of carbonyl (C=O) groups excluding carboxylic acids is 1. The monoisotopic (exact) mass is 534 g/mol. The van der Waals surface area contributed by atoms with Gasteiger partial charge in [0, 0.05) is 41.9 Å². The number of pyridine rings is 1. The van der Waals surface area contributed by atoms with E-state index in [1.165, 1.54) is 36.1 Å². The van der Waals surface area contributed by atoms with Gasteiger partial charge in [0.25, 0.3) is 5.56 Å². The number of halogens is 1. The molecule has 1 unspecified atom stereocenters. The predicted molar refractivity (Wildman–Crippen MR) is 142 cm³/mol. The van der Waals surface area contributed by atoms with Gasteiger partial charge in [0.2, 0.25) is 0 Å². The van der Waals surface area contributed by atoms with Gasteiger partial charge < -0.3 is 19.1 Å². The number of aromatic nitrogens is 1. The lowest BCUT2D eigenvalue weighted by Crippen LogP contribution is -2.33. The highest BCUT2D eigenvalue weighted by Crippen LogP contribution is 2.34. The molecule has 0 aliphatic carbocycles. The molecule has 1 aliphatic heterocycles. The van der Waals surface area contributed by atoms with Crippen molar-refractivity contribution in [3.05, 3.63) is 86.8 Å². The number of benzene rings is 2. The predicted octanol–water partition coefficient (Wildman–Crippen LogP) is 4.92. The van der Waals surface area contributed by atoms with E-state index in [1.807, 2.05) is 0 Å². The van der Waals surface area contributed by atoms with Crippen molar-refractivity contribution in [2.45, 2.75) is 31.7 Å². The molecule has 1 N–H and O–H groups in total. The molecule has 0 radical (unpaired) electrons. The average Bonchev–Trinajstić information content (AvgIpc) is 2.92. The molecule has 1 aliphatic rings. The van der Waals surface area contributed by atoms with Crippen molar-refractivity contribution in [3.8, 4) is 22.9 Å². The second-order valence-corrected chi connectivity index (χ2v) is 9.69. The van der Waals surface area contributed by atoms with E-state index in [-0.39, 0.29) is 23.7 Å². The summed E-state index contributed by atoms with van der Waals surface area (Å²) in [6, 6.07) is 13.7. The lowest BCUT2D eigenvalue weighted by molar-refractivity contribution is -0.122. The number of ether oxygens (including phenoxy) is 2. The van der Waals surface area contributed by atoms with Crippen LogP contribution in [0.2, 0.25) is 5.02 Å². The van der Waals surface area contributed by atoms with E-state index < -0.39 is 17.6 Å². The van der Waals surface area contributed by atoms with Crippen molar-refractivity contribution in [1.29, 1.82) is 5.26 Å². The fraction of sp³-hybridized carbons (Fsp3) is 0.310. The minimum Gasteiger partial charge on any atom is -0.495 e. The molecule has 1 atom stereocenters. The van der Waals surface area contributed by atoms with Crippen LogP contribution >= 0.6 is 11.6 Å². The normalized spacial score (nSPS) is 14.4. The molecular formula is C29H27ClN2O6. The number of rotatable bonds is 9. The summed E-state index contributed by atoms with van der Waals surface area (Å²) in [7, 11) is 1.46. The molecule has 8 nitrogen and oxygen atoms in total. The largest absolute Gasteiger partial charge is 0.495 e. The first-order valence-corrected chi connectivity index (χ1v) is 12.6. The molecule has 9 heteroatoms. The van der Waals surface area contributed by atoms with Crippen molar-refractivity contribution in [2.24, 2.45) is 5.92 Å². The number of hydrogen-bond donors (Lipinski definition) is 1. The Morgan fingerprint density at radius 1 is 1.16 bits per heavy atom. The highest BCUT2D eigenvalue weighted by molar-refractivity contribution is 6.31. The first-order chi connectivity index (χ1) is 18.3. The van der Waals surface area contributed by atoms with Crippen molar-refractivity contribution < 1.29 is 24.2 Å². The van der Waals surface area contributed by atoms with Crippen LogP contribution in [0.15, 0.2) is 59.5 Å². The highest BCUT2D eigenvalue weighted by atomic mass is 35.5. The summed E-state index contributed by atoms with van der Waals surface area (Å²) in [5.41, 5.74) is 1.60. The third kappa shape index (κ3) is 6.13. The van der Waals surface area contributed by atoms with Crippen LogP contribution in [-0.4, -0.2) is 41.7 Å². The number of carboxylic acid groups (broad SMARTS) is 1. The minimum atomic E-state index is -1.04. The third-order valence-corrected chi connectivity index (χ3v) is 7.08. The number of Topliss-reactive ketones (excluding diaryl/α,β-unsaturated/α-hetero) is 1. The molecule has 38 heavy (non-hydrogen) atoms. The van der Waals surface area contributed by atoms with Crippen molar-refractivity contribution in [1.82, 2.24) is 4.57 Å². The Morgan fingerprint density at radius 2 is 1.87 bits per heavy atom. The summed E-state index contributed by atoms with van der Waals surface area (Å²) in [6.07, 6.45) is 3.59. The summed E-state index contributed by atoms with van der Waals surface area (Å²) in [5, 5.41) is 19.2. The summed E-state index contributed by atoms with van der Waals surface area (Å²) in [6.45, 7) is 1.20. The van der Waals surface area contributed by atoms with Gasteiger partial charge in [0.15, 0.2) is 5.78 Å². The maximum absolute atomic E-state index is 13.6. The van der Waals surface area contributed by atoms with Crippen LogP contribution in [0.5, 0.6) is 5.75 Å². The Bertz CT molecular complexity index is 1430. The van der Waals surface area contributed by atoms with E-state index in [1.54, 1.807) is 30.3 Å². The molecule has 1 saturated heterocycles. The number of nitrogens with zero attached hydrogens (tertiary/aromatic N) is 2. The van der Waals surface area contributed by atoms with Crippen LogP contribution in [0.1, 0.15) is 46.8 Å². The maximum Gasteiger partial charge on any atom is 0.335 e. The molecule has 2 heterocycles. The topological polar surface area (TPSA) is 119 Å². The highest BCUT2D eigenvalue weighted by Gasteiger charge is 2.28. The number of carbonyl (C=O) groups is 2. The summed E-state index contributed by atoms with van der Waals surface area (Å²) >= 11 is 6.17. The van der Waals surface area contributed by atoms with E-state index in [2.05, 4.69) is 6.07 Å². The smallest absolute Gasteiger partial charge is 0.335 e. The molecule has 196 valence electrons. The van der Waals surface area contributed by atoms with E-state index >= 15 is 0 Å². The van der Waals surface area contributed by atoms with Crippen LogP contribution in [0, 0.1) is 17.2 Å². The Kier molecular flexibility index (Phi) is 8.62. The zero-order chi connectivity index (χ0) is 27.2. The van der Waals surface area contributed by atoms with Crippen molar-refractivity contribution in [2.75, 3.05) is 20.3 Å². The SMILES string of the molecule is COc1cn(C(CC2CCOCC2)C(=O)Cc2ccc(C(=O)O)cc2)c(=O)cc1-c1cc(Cl)ccc1C#N. The van der Waals surface area contributed by atoms with E-state index in [9.17, 15) is 19.6 Å². The lowest BCUT2D eigenvalue weighted by atomic mass is 9.89. The van der Waals surface area contributed by atoms with Gasteiger partial charge in [-0.05, 0) is 61.1 Å². The first kappa shape index (κ1) is 27.1. The molecule has 1 aromatic heterocycles. The Labute approximate surface area is 225 Å². The van der Waals surface area contributed by atoms with Crippen LogP contribution in [0.25, 0.3) is 11.1 Å². The third-order valence-electron chi connectivity index (χ3n) is 6.84. The van der Waals surface area contributed by atoms with E-state index in [0.717, 1.165) is 12.8 Å². The Balaban J connectivity index is 1.73. The van der Waals surface area contributed by atoms with E-state index in [0.29, 0.717) is 52.7 Å². The van der Waals surface area contributed by atoms with Crippen LogP contribution in [0.4, 0.5) is 0 Å². The van der Waals surface area contributed by atoms with Crippen molar-refractivity contribution in [3.63, 3.8) is 0 Å². The van der Waals surface area contributed by atoms with Crippen LogP contribution in [0.3, 0.4) is 0 Å². The van der Waals surface area contributed by atoms with Crippen molar-refractivity contribution >= 4 is 23.4 Å². The lowest BCUT2D eigenvalue weighted by Gasteiger charge is -2.28. The zero-order valence-electron chi connectivity index (χ0n) is 20.9. The van der Waals surface area contributed by atoms with E-state index in [4.69, 9.17) is 26.2 Å². The minimum absolute atomic E-state index is 0.0389. The number of aromatic carboxylic acids is 1. The number of hydrogen-bond acceptors (Lipinski definition) is 6. The van der Waals surface area contributed by atoms with Gasteiger partial charge in [-0.1, -0.05) is 23.7 Å². The number of nitriles is 1.